The van der Waals surface area contributed by atoms with Crippen LogP contribution in [0.25, 0.3) is 0 Å². The third-order valence-electron chi connectivity index (χ3n) is 2.73. The Morgan fingerprint density at radius 3 is 2.72 bits per heavy atom. The van der Waals surface area contributed by atoms with Gasteiger partial charge in [0.15, 0.2) is 5.78 Å². The van der Waals surface area contributed by atoms with Crippen molar-refractivity contribution in [1.82, 2.24) is 0 Å². The van der Waals surface area contributed by atoms with E-state index in [-0.39, 0.29) is 41.1 Å². The maximum Gasteiger partial charge on any atom is 0.173 e. The molecule has 0 aromatic heterocycles. The van der Waals surface area contributed by atoms with Crippen LogP contribution in [-0.2, 0) is 0 Å². The number of Topliss-reactive ketones (excluding diaryl/α,β-unsaturated/α-hetero) is 1. The van der Waals surface area contributed by atoms with E-state index in [0.717, 1.165) is 6.07 Å². The smallest absolute Gasteiger partial charge is 0.173 e. The Morgan fingerprint density at radius 1 is 1.50 bits per heavy atom. The summed E-state index contributed by atoms with van der Waals surface area (Å²) >= 11 is 0. The molecule has 0 aliphatic carbocycles. The van der Waals surface area contributed by atoms with Crippen LogP contribution < -0.4 is 4.74 Å². The highest BCUT2D eigenvalue weighted by atomic mass is 16.5. The highest BCUT2D eigenvalue weighted by Gasteiger charge is 2.22. The minimum atomic E-state index is -0.264. The van der Waals surface area contributed by atoms with Crippen LogP contribution in [0.2, 0.25) is 0 Å². The van der Waals surface area contributed by atoms with Crippen molar-refractivity contribution in [2.75, 3.05) is 6.61 Å². The van der Waals surface area contributed by atoms with Gasteiger partial charge in [0, 0.05) is 18.1 Å². The van der Waals surface area contributed by atoms with Crippen LogP contribution in [0.1, 0.15) is 30.6 Å². The molecule has 0 spiro atoms. The average Bonchev–Trinajstić information content (AvgIpc) is 2.33. The van der Waals surface area contributed by atoms with Crippen molar-refractivity contribution in [3.8, 4) is 17.2 Å². The lowest BCUT2D eigenvalue weighted by Gasteiger charge is -2.14. The number of phenolic OH excluding ortho intramolecular Hbond substituents is 2. The highest BCUT2D eigenvalue weighted by Crippen LogP contribution is 2.35. The van der Waals surface area contributed by atoms with Crippen LogP contribution in [0.5, 0.6) is 17.2 Å². The number of ether oxygens (including phenoxy) is 1. The first-order chi connectivity index (χ1) is 8.51. The first kappa shape index (κ1) is 14.1. The second-order valence-electron chi connectivity index (χ2n) is 4.11. The van der Waals surface area contributed by atoms with E-state index in [1.54, 1.807) is 6.92 Å². The average molecular weight is 250 g/mol. The molecule has 0 unspecified atom stereocenters. The summed E-state index contributed by atoms with van der Waals surface area (Å²) in [7, 11) is 0. The van der Waals surface area contributed by atoms with Crippen molar-refractivity contribution in [1.29, 1.82) is 0 Å². The Balaban J connectivity index is 3.22. The quantitative estimate of drug-likeness (QED) is 0.601. The maximum absolute atomic E-state index is 12.1. The van der Waals surface area contributed by atoms with Crippen LogP contribution in [0.3, 0.4) is 0 Å². The van der Waals surface area contributed by atoms with E-state index in [0.29, 0.717) is 6.42 Å². The summed E-state index contributed by atoms with van der Waals surface area (Å²) in [6.07, 6.45) is 2.19. The van der Waals surface area contributed by atoms with Crippen LogP contribution in [0.4, 0.5) is 0 Å². The largest absolute Gasteiger partial charge is 0.508 e. The minimum absolute atomic E-state index is 0.115. The minimum Gasteiger partial charge on any atom is -0.508 e. The van der Waals surface area contributed by atoms with Gasteiger partial charge < -0.3 is 14.9 Å². The Hall–Kier alpha value is -1.97. The number of hydrogen-bond acceptors (Lipinski definition) is 4. The van der Waals surface area contributed by atoms with Gasteiger partial charge in [-0.2, -0.15) is 0 Å². The first-order valence-corrected chi connectivity index (χ1v) is 5.85. The molecule has 1 aromatic carbocycles. The van der Waals surface area contributed by atoms with Gasteiger partial charge in [0.25, 0.3) is 0 Å². The molecule has 4 nitrogen and oxygen atoms in total. The molecular weight excluding hydrogens is 232 g/mol. The molecule has 98 valence electrons. The van der Waals surface area contributed by atoms with Crippen molar-refractivity contribution < 1.29 is 19.7 Å². The second-order valence-corrected chi connectivity index (χ2v) is 4.11. The fourth-order valence-corrected chi connectivity index (χ4v) is 1.53. The van der Waals surface area contributed by atoms with E-state index in [1.807, 2.05) is 6.92 Å². The molecule has 0 saturated heterocycles. The molecule has 1 aromatic rings. The molecular formula is C14H18O4. The predicted octanol–water partition coefficient (Wildman–Crippen LogP) is 2.89. The second kappa shape index (κ2) is 6.10. The zero-order chi connectivity index (χ0) is 13.7. The van der Waals surface area contributed by atoms with Gasteiger partial charge in [-0.25, -0.2) is 0 Å². The monoisotopic (exact) mass is 250 g/mol. The third-order valence-corrected chi connectivity index (χ3v) is 2.73. The molecule has 0 aliphatic rings. The number of carbonyl (C=O) groups excluding carboxylic acids is 1. The number of phenols is 2. The van der Waals surface area contributed by atoms with Gasteiger partial charge in [-0.1, -0.05) is 26.5 Å². The molecule has 0 radical (unpaired) electrons. The Labute approximate surface area is 107 Å². The molecule has 1 atom stereocenters. The topological polar surface area (TPSA) is 66.8 Å². The molecule has 0 saturated carbocycles. The van der Waals surface area contributed by atoms with Crippen LogP contribution >= 0.6 is 0 Å². The van der Waals surface area contributed by atoms with Gasteiger partial charge in [-0.05, 0) is 6.42 Å². The molecule has 1 rings (SSSR count). The van der Waals surface area contributed by atoms with E-state index >= 15 is 0 Å². The molecule has 2 N–H and O–H groups in total. The van der Waals surface area contributed by atoms with Crippen molar-refractivity contribution in [2.45, 2.75) is 20.3 Å². The SMILES string of the molecule is C=CCOc1cc(O)cc(O)c1C(=O)[C@H](C)CC. The zero-order valence-corrected chi connectivity index (χ0v) is 10.6. The summed E-state index contributed by atoms with van der Waals surface area (Å²) in [6, 6.07) is 2.45. The summed E-state index contributed by atoms with van der Waals surface area (Å²) in [5.41, 5.74) is 0.115. The standard InChI is InChI=1S/C14H18O4/c1-4-6-18-12-8-10(15)7-11(16)13(12)14(17)9(3)5-2/h4,7-9,15-16H,1,5-6H2,2-3H3/t9-/m1/s1. The van der Waals surface area contributed by atoms with Crippen molar-refractivity contribution in [3.05, 3.63) is 30.4 Å². The summed E-state index contributed by atoms with van der Waals surface area (Å²) in [5.74, 6) is -0.648. The first-order valence-electron chi connectivity index (χ1n) is 5.85. The molecule has 18 heavy (non-hydrogen) atoms. The van der Waals surface area contributed by atoms with E-state index in [2.05, 4.69) is 6.58 Å². The van der Waals surface area contributed by atoms with Gasteiger partial charge in [-0.3, -0.25) is 4.79 Å². The summed E-state index contributed by atoms with van der Waals surface area (Å²) in [5, 5.41) is 19.2. The van der Waals surface area contributed by atoms with Crippen molar-refractivity contribution in [2.24, 2.45) is 5.92 Å². The van der Waals surface area contributed by atoms with Gasteiger partial charge in [-0.15, -0.1) is 0 Å². The molecule has 0 aliphatic heterocycles. The number of benzene rings is 1. The molecule has 0 amide bonds. The molecule has 4 heteroatoms. The van der Waals surface area contributed by atoms with E-state index in [9.17, 15) is 15.0 Å². The Kier molecular flexibility index (Phi) is 4.77. The van der Waals surface area contributed by atoms with Gasteiger partial charge >= 0.3 is 0 Å². The van der Waals surface area contributed by atoms with Crippen molar-refractivity contribution >= 4 is 5.78 Å². The zero-order valence-electron chi connectivity index (χ0n) is 10.6. The lowest BCUT2D eigenvalue weighted by molar-refractivity contribution is 0.0920. The lowest BCUT2D eigenvalue weighted by atomic mass is 9.95. The van der Waals surface area contributed by atoms with E-state index in [4.69, 9.17) is 4.74 Å². The summed E-state index contributed by atoms with van der Waals surface area (Å²) in [4.78, 5) is 12.1. The van der Waals surface area contributed by atoms with E-state index < -0.39 is 0 Å². The van der Waals surface area contributed by atoms with Crippen LogP contribution in [-0.4, -0.2) is 22.6 Å². The highest BCUT2D eigenvalue weighted by molar-refractivity contribution is 6.02. The Bertz CT molecular complexity index is 451. The number of hydrogen-bond donors (Lipinski definition) is 2. The van der Waals surface area contributed by atoms with E-state index in [1.165, 1.54) is 12.1 Å². The number of carbonyl (C=O) groups is 1. The van der Waals surface area contributed by atoms with Crippen molar-refractivity contribution in [3.63, 3.8) is 0 Å². The molecule has 0 bridgehead atoms. The number of ketones is 1. The van der Waals surface area contributed by atoms with Crippen LogP contribution in [0.15, 0.2) is 24.8 Å². The van der Waals surface area contributed by atoms with Gasteiger partial charge in [0.05, 0.1) is 0 Å². The Morgan fingerprint density at radius 2 is 2.17 bits per heavy atom. The van der Waals surface area contributed by atoms with Gasteiger partial charge in [0.2, 0.25) is 0 Å². The van der Waals surface area contributed by atoms with Gasteiger partial charge in [0.1, 0.15) is 29.4 Å². The number of rotatable bonds is 6. The fraction of sp³-hybridized carbons (Fsp3) is 0.357. The van der Waals surface area contributed by atoms with Crippen LogP contribution in [0, 0.1) is 5.92 Å². The third kappa shape index (κ3) is 3.03. The molecule has 0 fully saturated rings. The summed E-state index contributed by atoms with van der Waals surface area (Å²) in [6.45, 7) is 7.39. The fourth-order valence-electron chi connectivity index (χ4n) is 1.53. The maximum atomic E-state index is 12.1. The number of aromatic hydroxyl groups is 2. The normalized spacial score (nSPS) is 11.9. The lowest BCUT2D eigenvalue weighted by Crippen LogP contribution is -2.12. The predicted molar refractivity (Wildman–Crippen MR) is 69.2 cm³/mol. The molecule has 0 heterocycles. The summed E-state index contributed by atoms with van der Waals surface area (Å²) < 4.78 is 5.30.